The molecule has 0 fully saturated rings. The molecule has 2 nitrogen and oxygen atoms in total. The van der Waals surface area contributed by atoms with Crippen molar-refractivity contribution in [1.29, 1.82) is 0 Å². The van der Waals surface area contributed by atoms with Crippen LogP contribution in [0.15, 0.2) is 40.9 Å². The Hall–Kier alpha value is -1.68. The van der Waals surface area contributed by atoms with Gasteiger partial charge in [-0.1, -0.05) is 17.7 Å². The van der Waals surface area contributed by atoms with Crippen LogP contribution in [0.4, 0.5) is 4.39 Å². The number of carbonyl (C=O) groups excluding carboxylic acids is 1. The summed E-state index contributed by atoms with van der Waals surface area (Å²) in [5, 5.41) is 0. The number of carbonyl (C=O) groups is 1. The molecular weight excluding hydrogens is 311 g/mol. The molecule has 0 saturated heterocycles. The topological polar surface area (TPSA) is 26.3 Å². The summed E-state index contributed by atoms with van der Waals surface area (Å²) in [7, 11) is 1.50. The van der Waals surface area contributed by atoms with Crippen molar-refractivity contribution in [2.45, 2.75) is 6.92 Å². The van der Waals surface area contributed by atoms with Crippen molar-refractivity contribution >= 4 is 21.7 Å². The first-order valence-corrected chi connectivity index (χ1v) is 6.47. The predicted octanol–water partition coefficient (Wildman–Crippen LogP) is 4.14. The Morgan fingerprint density at radius 1 is 1.21 bits per heavy atom. The molecule has 2 aromatic carbocycles. The fraction of sp³-hybridized carbons (Fsp3) is 0.133. The minimum absolute atomic E-state index is 0.170. The van der Waals surface area contributed by atoms with Crippen LogP contribution in [0.1, 0.15) is 21.5 Å². The number of aryl methyl sites for hydroxylation is 1. The Morgan fingerprint density at radius 3 is 2.63 bits per heavy atom. The first-order valence-electron chi connectivity index (χ1n) is 5.68. The van der Waals surface area contributed by atoms with Gasteiger partial charge in [0.25, 0.3) is 0 Å². The van der Waals surface area contributed by atoms with Crippen LogP contribution >= 0.6 is 15.9 Å². The second-order valence-corrected chi connectivity index (χ2v) is 4.93. The summed E-state index contributed by atoms with van der Waals surface area (Å²) >= 11 is 3.11. The Kier molecular flexibility index (Phi) is 4.00. The number of hydrogen-bond acceptors (Lipinski definition) is 2. The zero-order chi connectivity index (χ0) is 14.0. The standard InChI is InChI=1S/C15H12BrFO2/c1-9-6-7-13(19-2)11(8-9)15(18)10-4-3-5-12(17)14(10)16/h3-8H,1-2H3. The molecule has 4 heteroatoms. The highest BCUT2D eigenvalue weighted by atomic mass is 79.9. The number of ether oxygens (including phenoxy) is 1. The monoisotopic (exact) mass is 322 g/mol. The van der Waals surface area contributed by atoms with E-state index >= 15 is 0 Å². The molecule has 0 radical (unpaired) electrons. The summed E-state index contributed by atoms with van der Waals surface area (Å²) in [4.78, 5) is 12.5. The van der Waals surface area contributed by atoms with Crippen LogP contribution in [0.25, 0.3) is 0 Å². The molecule has 0 amide bonds. The lowest BCUT2D eigenvalue weighted by atomic mass is 10.0. The van der Waals surface area contributed by atoms with Crippen molar-refractivity contribution in [1.82, 2.24) is 0 Å². The van der Waals surface area contributed by atoms with Crippen LogP contribution in [-0.4, -0.2) is 12.9 Å². The number of benzene rings is 2. The van der Waals surface area contributed by atoms with Gasteiger partial charge in [0.15, 0.2) is 5.78 Å². The van der Waals surface area contributed by atoms with Gasteiger partial charge in [-0.25, -0.2) is 4.39 Å². The summed E-state index contributed by atoms with van der Waals surface area (Å²) in [6.07, 6.45) is 0. The van der Waals surface area contributed by atoms with Crippen molar-refractivity contribution < 1.29 is 13.9 Å². The van der Waals surface area contributed by atoms with E-state index in [1.807, 2.05) is 13.0 Å². The molecule has 98 valence electrons. The van der Waals surface area contributed by atoms with Gasteiger partial charge in [0, 0.05) is 5.56 Å². The van der Waals surface area contributed by atoms with Crippen molar-refractivity contribution in [3.05, 3.63) is 63.4 Å². The van der Waals surface area contributed by atoms with Crippen LogP contribution in [0.2, 0.25) is 0 Å². The fourth-order valence-electron chi connectivity index (χ4n) is 1.82. The minimum atomic E-state index is -0.461. The maximum atomic E-state index is 13.5. The third-order valence-electron chi connectivity index (χ3n) is 2.80. The third kappa shape index (κ3) is 2.68. The zero-order valence-corrected chi connectivity index (χ0v) is 12.1. The molecule has 0 aliphatic carbocycles. The van der Waals surface area contributed by atoms with Gasteiger partial charge in [-0.05, 0) is 47.1 Å². The quantitative estimate of drug-likeness (QED) is 0.794. The second kappa shape index (κ2) is 5.53. The number of methoxy groups -OCH3 is 1. The van der Waals surface area contributed by atoms with E-state index in [1.165, 1.54) is 19.2 Å². The summed E-state index contributed by atoms with van der Waals surface area (Å²) in [6.45, 7) is 1.89. The van der Waals surface area contributed by atoms with Gasteiger partial charge in [0.2, 0.25) is 0 Å². The minimum Gasteiger partial charge on any atom is -0.496 e. The van der Waals surface area contributed by atoms with Crippen molar-refractivity contribution in [3.8, 4) is 5.75 Å². The van der Waals surface area contributed by atoms with E-state index < -0.39 is 5.82 Å². The smallest absolute Gasteiger partial charge is 0.198 e. The Bertz CT molecular complexity index is 638. The first kappa shape index (κ1) is 13.7. The number of ketones is 1. The third-order valence-corrected chi connectivity index (χ3v) is 3.60. The molecular formula is C15H12BrFO2. The number of halogens is 2. The number of rotatable bonds is 3. The van der Waals surface area contributed by atoms with Gasteiger partial charge >= 0.3 is 0 Å². The van der Waals surface area contributed by atoms with E-state index in [2.05, 4.69) is 15.9 Å². The summed E-state index contributed by atoms with van der Waals surface area (Å²) in [6, 6.07) is 9.71. The van der Waals surface area contributed by atoms with E-state index in [9.17, 15) is 9.18 Å². The van der Waals surface area contributed by atoms with Gasteiger partial charge in [-0.3, -0.25) is 4.79 Å². The van der Waals surface area contributed by atoms with Crippen molar-refractivity contribution in [2.75, 3.05) is 7.11 Å². The van der Waals surface area contributed by atoms with Gasteiger partial charge in [0.05, 0.1) is 17.1 Å². The molecule has 0 aliphatic rings. The highest BCUT2D eigenvalue weighted by Crippen LogP contribution is 2.27. The van der Waals surface area contributed by atoms with E-state index in [-0.39, 0.29) is 15.8 Å². The zero-order valence-electron chi connectivity index (χ0n) is 10.5. The van der Waals surface area contributed by atoms with Crippen molar-refractivity contribution in [2.24, 2.45) is 0 Å². The predicted molar refractivity (Wildman–Crippen MR) is 75.3 cm³/mol. The van der Waals surface area contributed by atoms with Crippen molar-refractivity contribution in [3.63, 3.8) is 0 Å². The molecule has 0 spiro atoms. The molecule has 0 bridgehead atoms. The summed E-state index contributed by atoms with van der Waals surface area (Å²) in [5.74, 6) is -0.254. The lowest BCUT2D eigenvalue weighted by molar-refractivity contribution is 0.103. The van der Waals surface area contributed by atoms with E-state index in [0.717, 1.165) is 5.56 Å². The van der Waals surface area contributed by atoms with Gasteiger partial charge in [0.1, 0.15) is 11.6 Å². The molecule has 0 unspecified atom stereocenters. The molecule has 0 heterocycles. The molecule has 2 rings (SSSR count). The van der Waals surface area contributed by atoms with E-state index in [0.29, 0.717) is 11.3 Å². The lowest BCUT2D eigenvalue weighted by Gasteiger charge is -2.10. The molecule has 19 heavy (non-hydrogen) atoms. The highest BCUT2D eigenvalue weighted by Gasteiger charge is 2.18. The maximum absolute atomic E-state index is 13.5. The molecule has 2 aromatic rings. The van der Waals surface area contributed by atoms with Gasteiger partial charge in [-0.2, -0.15) is 0 Å². The first-order chi connectivity index (χ1) is 9.04. The molecule has 0 aromatic heterocycles. The second-order valence-electron chi connectivity index (χ2n) is 4.13. The normalized spacial score (nSPS) is 10.3. The Labute approximate surface area is 119 Å². The Balaban J connectivity index is 2.56. The largest absolute Gasteiger partial charge is 0.496 e. The SMILES string of the molecule is COc1ccc(C)cc1C(=O)c1cccc(F)c1Br. The number of hydrogen-bond donors (Lipinski definition) is 0. The van der Waals surface area contributed by atoms with Crippen LogP contribution < -0.4 is 4.74 Å². The molecule has 0 saturated carbocycles. The van der Waals surface area contributed by atoms with E-state index in [4.69, 9.17) is 4.74 Å². The summed E-state index contributed by atoms with van der Waals surface area (Å²) in [5.41, 5.74) is 1.65. The van der Waals surface area contributed by atoms with Crippen LogP contribution in [0.3, 0.4) is 0 Å². The molecule has 0 aliphatic heterocycles. The highest BCUT2D eigenvalue weighted by molar-refractivity contribution is 9.10. The van der Waals surface area contributed by atoms with Gasteiger partial charge in [-0.15, -0.1) is 0 Å². The summed E-state index contributed by atoms with van der Waals surface area (Å²) < 4.78 is 18.8. The average molecular weight is 323 g/mol. The Morgan fingerprint density at radius 2 is 1.95 bits per heavy atom. The fourth-order valence-corrected chi connectivity index (χ4v) is 2.27. The van der Waals surface area contributed by atoms with Crippen LogP contribution in [-0.2, 0) is 0 Å². The van der Waals surface area contributed by atoms with E-state index in [1.54, 1.807) is 18.2 Å². The van der Waals surface area contributed by atoms with Crippen LogP contribution in [0, 0.1) is 12.7 Å². The maximum Gasteiger partial charge on any atom is 0.198 e. The molecule has 0 atom stereocenters. The lowest BCUT2D eigenvalue weighted by Crippen LogP contribution is -2.06. The van der Waals surface area contributed by atoms with Crippen LogP contribution in [0.5, 0.6) is 5.75 Å². The van der Waals surface area contributed by atoms with Gasteiger partial charge < -0.3 is 4.74 Å². The molecule has 0 N–H and O–H groups in total. The average Bonchev–Trinajstić information content (AvgIpc) is 2.41.